The summed E-state index contributed by atoms with van der Waals surface area (Å²) < 4.78 is 4.89. The molecule has 1 aromatic rings. The van der Waals surface area contributed by atoms with Gasteiger partial charge in [-0.1, -0.05) is 11.6 Å². The molecule has 0 spiro atoms. The van der Waals surface area contributed by atoms with Crippen molar-refractivity contribution in [1.29, 1.82) is 0 Å². The van der Waals surface area contributed by atoms with E-state index in [1.807, 2.05) is 0 Å². The van der Waals surface area contributed by atoms with E-state index >= 15 is 0 Å². The Labute approximate surface area is 76.5 Å². The Morgan fingerprint density at radius 2 is 2.42 bits per heavy atom. The number of pyridine rings is 1. The molecule has 1 rings (SSSR count). The molecule has 0 saturated carbocycles. The van der Waals surface area contributed by atoms with E-state index in [4.69, 9.17) is 22.1 Å². The average Bonchev–Trinajstić information content (AvgIpc) is 2.06. The third kappa shape index (κ3) is 2.44. The number of ether oxygens (including phenoxy) is 1. The fourth-order valence-corrected chi connectivity index (χ4v) is 0.983. The number of nitrogens with two attached hydrogens (primary N) is 1. The lowest BCUT2D eigenvalue weighted by atomic mass is 10.2. The number of hydrogen-bond donors (Lipinski definition) is 1. The van der Waals surface area contributed by atoms with E-state index in [0.717, 1.165) is 5.69 Å². The van der Waals surface area contributed by atoms with E-state index in [1.165, 1.54) is 0 Å². The van der Waals surface area contributed by atoms with Gasteiger partial charge in [-0.05, 0) is 12.1 Å². The van der Waals surface area contributed by atoms with Gasteiger partial charge in [-0.15, -0.1) is 0 Å². The quantitative estimate of drug-likeness (QED) is 0.776. The van der Waals surface area contributed by atoms with E-state index in [9.17, 15) is 0 Å². The Bertz CT molecular complexity index is 237. The summed E-state index contributed by atoms with van der Waals surface area (Å²) >= 11 is 5.66. The highest BCUT2D eigenvalue weighted by molar-refractivity contribution is 6.30. The lowest BCUT2D eigenvalue weighted by Crippen LogP contribution is -2.17. The highest BCUT2D eigenvalue weighted by Crippen LogP contribution is 2.11. The van der Waals surface area contributed by atoms with Gasteiger partial charge in [0.05, 0.1) is 23.4 Å². The van der Waals surface area contributed by atoms with Gasteiger partial charge in [0.2, 0.25) is 0 Å². The predicted molar refractivity (Wildman–Crippen MR) is 48.1 cm³/mol. The maximum atomic E-state index is 5.73. The molecule has 0 aromatic carbocycles. The predicted octanol–water partition coefficient (Wildman–Crippen LogP) is 1.38. The molecule has 0 amide bonds. The largest absolute Gasteiger partial charge is 0.383 e. The maximum Gasteiger partial charge on any atom is 0.0707 e. The molecule has 0 saturated heterocycles. The van der Waals surface area contributed by atoms with E-state index in [2.05, 4.69) is 4.98 Å². The molecule has 1 heterocycles. The second-order valence-electron chi connectivity index (χ2n) is 2.46. The van der Waals surface area contributed by atoms with Crippen molar-refractivity contribution in [3.05, 3.63) is 29.0 Å². The van der Waals surface area contributed by atoms with E-state index in [-0.39, 0.29) is 6.04 Å². The van der Waals surface area contributed by atoms with Crippen molar-refractivity contribution in [2.75, 3.05) is 13.7 Å². The van der Waals surface area contributed by atoms with Crippen LogP contribution >= 0.6 is 11.6 Å². The highest BCUT2D eigenvalue weighted by atomic mass is 35.5. The zero-order chi connectivity index (χ0) is 8.97. The molecule has 3 nitrogen and oxygen atoms in total. The van der Waals surface area contributed by atoms with Crippen molar-refractivity contribution < 1.29 is 4.74 Å². The lowest BCUT2D eigenvalue weighted by Gasteiger charge is -2.08. The molecule has 66 valence electrons. The van der Waals surface area contributed by atoms with Gasteiger partial charge in [-0.25, -0.2) is 0 Å². The van der Waals surface area contributed by atoms with Gasteiger partial charge in [0, 0.05) is 13.3 Å². The topological polar surface area (TPSA) is 48.1 Å². The van der Waals surface area contributed by atoms with Crippen LogP contribution in [-0.4, -0.2) is 18.7 Å². The van der Waals surface area contributed by atoms with Gasteiger partial charge in [-0.3, -0.25) is 4.98 Å². The van der Waals surface area contributed by atoms with E-state index in [0.29, 0.717) is 11.6 Å². The minimum Gasteiger partial charge on any atom is -0.383 e. The first-order valence-electron chi connectivity index (χ1n) is 3.60. The van der Waals surface area contributed by atoms with Crippen molar-refractivity contribution in [1.82, 2.24) is 4.98 Å². The third-order valence-electron chi connectivity index (χ3n) is 1.48. The first-order valence-corrected chi connectivity index (χ1v) is 3.98. The monoisotopic (exact) mass is 186 g/mol. The second-order valence-corrected chi connectivity index (χ2v) is 2.90. The van der Waals surface area contributed by atoms with Gasteiger partial charge in [-0.2, -0.15) is 0 Å². The summed E-state index contributed by atoms with van der Waals surface area (Å²) in [6.07, 6.45) is 1.58. The standard InChI is InChI=1S/C8H11ClN2O/c1-12-5-7(10)8-3-2-6(9)4-11-8/h2-4,7H,5,10H2,1H3/t7-/m1/s1. The molecule has 0 aliphatic carbocycles. The molecule has 0 bridgehead atoms. The minimum atomic E-state index is -0.174. The normalized spacial score (nSPS) is 12.9. The molecule has 12 heavy (non-hydrogen) atoms. The Kier molecular flexibility index (Phi) is 3.47. The molecular formula is C8H11ClN2O. The molecule has 1 atom stereocenters. The van der Waals surface area contributed by atoms with Crippen LogP contribution in [0.4, 0.5) is 0 Å². The van der Waals surface area contributed by atoms with Crippen LogP contribution in [0, 0.1) is 0 Å². The molecule has 0 unspecified atom stereocenters. The molecule has 1 aromatic heterocycles. The van der Waals surface area contributed by atoms with Crippen LogP contribution in [-0.2, 0) is 4.74 Å². The number of hydrogen-bond acceptors (Lipinski definition) is 3. The summed E-state index contributed by atoms with van der Waals surface area (Å²) in [5.41, 5.74) is 6.52. The molecule has 0 fully saturated rings. The highest BCUT2D eigenvalue weighted by Gasteiger charge is 2.05. The first kappa shape index (κ1) is 9.45. The number of methoxy groups -OCH3 is 1. The van der Waals surface area contributed by atoms with Gasteiger partial charge in [0.25, 0.3) is 0 Å². The molecule has 2 N–H and O–H groups in total. The zero-order valence-electron chi connectivity index (χ0n) is 6.83. The second kappa shape index (κ2) is 4.40. The van der Waals surface area contributed by atoms with Crippen LogP contribution in [0.5, 0.6) is 0 Å². The van der Waals surface area contributed by atoms with Crippen molar-refractivity contribution in [3.8, 4) is 0 Å². The number of nitrogens with zero attached hydrogens (tertiary/aromatic N) is 1. The Morgan fingerprint density at radius 1 is 1.67 bits per heavy atom. The summed E-state index contributed by atoms with van der Waals surface area (Å²) in [4.78, 5) is 4.06. The smallest absolute Gasteiger partial charge is 0.0707 e. The average molecular weight is 187 g/mol. The van der Waals surface area contributed by atoms with Crippen LogP contribution in [0.3, 0.4) is 0 Å². The summed E-state index contributed by atoms with van der Waals surface area (Å²) in [6, 6.07) is 3.39. The van der Waals surface area contributed by atoms with E-state index < -0.39 is 0 Å². The molecule has 0 aliphatic rings. The molecule has 0 radical (unpaired) electrons. The third-order valence-corrected chi connectivity index (χ3v) is 1.70. The van der Waals surface area contributed by atoms with Crippen LogP contribution in [0.2, 0.25) is 5.02 Å². The Morgan fingerprint density at radius 3 is 2.92 bits per heavy atom. The van der Waals surface area contributed by atoms with Crippen LogP contribution in [0.1, 0.15) is 11.7 Å². The Hall–Kier alpha value is -0.640. The SMILES string of the molecule is COC[C@@H](N)c1ccc(Cl)cn1. The molecular weight excluding hydrogens is 176 g/mol. The van der Waals surface area contributed by atoms with Crippen molar-refractivity contribution in [2.45, 2.75) is 6.04 Å². The summed E-state index contributed by atoms with van der Waals surface area (Å²) in [5, 5.41) is 0.614. The summed E-state index contributed by atoms with van der Waals surface area (Å²) in [5.74, 6) is 0. The number of aromatic nitrogens is 1. The first-order chi connectivity index (χ1) is 5.74. The van der Waals surface area contributed by atoms with Crippen molar-refractivity contribution in [3.63, 3.8) is 0 Å². The molecule has 0 aliphatic heterocycles. The molecule has 4 heteroatoms. The van der Waals surface area contributed by atoms with Gasteiger partial charge < -0.3 is 10.5 Å². The number of halogens is 1. The lowest BCUT2D eigenvalue weighted by molar-refractivity contribution is 0.179. The van der Waals surface area contributed by atoms with Crippen LogP contribution in [0.25, 0.3) is 0 Å². The summed E-state index contributed by atoms with van der Waals surface area (Å²) in [7, 11) is 1.61. The Balaban J connectivity index is 2.68. The van der Waals surface area contributed by atoms with E-state index in [1.54, 1.807) is 25.4 Å². The fraction of sp³-hybridized carbons (Fsp3) is 0.375. The minimum absolute atomic E-state index is 0.174. The number of rotatable bonds is 3. The van der Waals surface area contributed by atoms with Gasteiger partial charge >= 0.3 is 0 Å². The van der Waals surface area contributed by atoms with Crippen molar-refractivity contribution >= 4 is 11.6 Å². The maximum absolute atomic E-state index is 5.73. The summed E-state index contributed by atoms with van der Waals surface area (Å²) in [6.45, 7) is 0.467. The van der Waals surface area contributed by atoms with Crippen LogP contribution < -0.4 is 5.73 Å². The van der Waals surface area contributed by atoms with Gasteiger partial charge in [0.15, 0.2) is 0 Å². The fourth-order valence-electron chi connectivity index (χ4n) is 0.872. The van der Waals surface area contributed by atoms with Crippen molar-refractivity contribution in [2.24, 2.45) is 5.73 Å². The van der Waals surface area contributed by atoms with Gasteiger partial charge in [0.1, 0.15) is 0 Å². The zero-order valence-corrected chi connectivity index (χ0v) is 7.58. The van der Waals surface area contributed by atoms with Crippen LogP contribution in [0.15, 0.2) is 18.3 Å².